The van der Waals surface area contributed by atoms with Gasteiger partial charge in [-0.1, -0.05) is 12.8 Å². The van der Waals surface area contributed by atoms with Crippen LogP contribution < -0.4 is 5.32 Å². The summed E-state index contributed by atoms with van der Waals surface area (Å²) in [5.74, 6) is 1.96. The van der Waals surface area contributed by atoms with E-state index in [0.29, 0.717) is 18.4 Å². The van der Waals surface area contributed by atoms with Gasteiger partial charge in [0, 0.05) is 19.8 Å². The molecule has 3 nitrogen and oxygen atoms in total. The fourth-order valence-corrected chi connectivity index (χ4v) is 3.01. The summed E-state index contributed by atoms with van der Waals surface area (Å²) in [6.45, 7) is 4.42. The van der Waals surface area contributed by atoms with Crippen molar-refractivity contribution in [3.8, 4) is 0 Å². The molecule has 2 rings (SSSR count). The Bertz CT molecular complexity index is 192. The van der Waals surface area contributed by atoms with Gasteiger partial charge >= 0.3 is 0 Å². The van der Waals surface area contributed by atoms with Crippen molar-refractivity contribution in [2.24, 2.45) is 17.8 Å². The van der Waals surface area contributed by atoms with Gasteiger partial charge in [-0.25, -0.2) is 0 Å². The minimum Gasteiger partial charge on any atom is -0.396 e. The van der Waals surface area contributed by atoms with Crippen LogP contribution >= 0.6 is 0 Å². The Morgan fingerprint density at radius 2 is 1.88 bits per heavy atom. The third kappa shape index (κ3) is 3.44. The Labute approximate surface area is 98.6 Å². The molecular formula is C13H25NO2. The van der Waals surface area contributed by atoms with Gasteiger partial charge in [0.2, 0.25) is 0 Å². The third-order valence-corrected chi connectivity index (χ3v) is 4.16. The maximum absolute atomic E-state index is 9.32. The molecule has 2 fully saturated rings. The summed E-state index contributed by atoms with van der Waals surface area (Å²) in [4.78, 5) is 0. The first-order valence-electron chi connectivity index (χ1n) is 6.79. The van der Waals surface area contributed by atoms with Crippen LogP contribution in [0, 0.1) is 17.8 Å². The van der Waals surface area contributed by atoms with Gasteiger partial charge in [0.05, 0.1) is 6.61 Å². The second-order valence-electron chi connectivity index (χ2n) is 5.38. The lowest BCUT2D eigenvalue weighted by Gasteiger charge is -2.30. The summed E-state index contributed by atoms with van der Waals surface area (Å²) in [7, 11) is 0. The molecule has 0 aromatic carbocycles. The smallest absolute Gasteiger partial charge is 0.0507 e. The molecule has 0 aromatic heterocycles. The van der Waals surface area contributed by atoms with Gasteiger partial charge in [-0.15, -0.1) is 0 Å². The fourth-order valence-electron chi connectivity index (χ4n) is 3.01. The van der Waals surface area contributed by atoms with E-state index in [1.807, 2.05) is 0 Å². The normalized spacial score (nSPS) is 35.4. The van der Waals surface area contributed by atoms with Gasteiger partial charge in [-0.05, 0) is 43.6 Å². The molecule has 3 unspecified atom stereocenters. The highest BCUT2D eigenvalue weighted by Crippen LogP contribution is 2.29. The van der Waals surface area contributed by atoms with E-state index in [1.165, 1.54) is 32.1 Å². The molecule has 1 aliphatic heterocycles. The zero-order valence-corrected chi connectivity index (χ0v) is 10.2. The van der Waals surface area contributed by atoms with Crippen LogP contribution in [0.5, 0.6) is 0 Å². The Balaban J connectivity index is 1.63. The molecule has 0 bridgehead atoms. The highest BCUT2D eigenvalue weighted by Gasteiger charge is 2.24. The van der Waals surface area contributed by atoms with E-state index in [2.05, 4.69) is 5.32 Å². The molecular weight excluding hydrogens is 202 g/mol. The van der Waals surface area contributed by atoms with Crippen LogP contribution in [-0.4, -0.2) is 38.0 Å². The highest BCUT2D eigenvalue weighted by molar-refractivity contribution is 4.77. The Morgan fingerprint density at radius 3 is 2.56 bits per heavy atom. The van der Waals surface area contributed by atoms with Crippen LogP contribution in [0.1, 0.15) is 32.1 Å². The number of ether oxygens (including phenoxy) is 1. The SMILES string of the molecule is OCC1CCCCC1CNCC1CCOC1. The zero-order valence-electron chi connectivity index (χ0n) is 10.2. The van der Waals surface area contributed by atoms with Crippen LogP contribution in [0.15, 0.2) is 0 Å². The van der Waals surface area contributed by atoms with Crippen LogP contribution in [0.2, 0.25) is 0 Å². The van der Waals surface area contributed by atoms with E-state index >= 15 is 0 Å². The van der Waals surface area contributed by atoms with E-state index in [9.17, 15) is 5.11 Å². The molecule has 1 saturated carbocycles. The number of hydrogen-bond donors (Lipinski definition) is 2. The molecule has 0 spiro atoms. The molecule has 2 N–H and O–H groups in total. The van der Waals surface area contributed by atoms with E-state index in [1.54, 1.807) is 0 Å². The summed E-state index contributed by atoms with van der Waals surface area (Å²) < 4.78 is 5.36. The van der Waals surface area contributed by atoms with Crippen LogP contribution in [0.3, 0.4) is 0 Å². The maximum atomic E-state index is 9.32. The van der Waals surface area contributed by atoms with E-state index in [0.717, 1.165) is 32.2 Å². The third-order valence-electron chi connectivity index (χ3n) is 4.16. The Morgan fingerprint density at radius 1 is 1.06 bits per heavy atom. The van der Waals surface area contributed by atoms with E-state index in [4.69, 9.17) is 4.74 Å². The number of aliphatic hydroxyl groups is 1. The molecule has 1 heterocycles. The monoisotopic (exact) mass is 227 g/mol. The molecule has 1 aliphatic carbocycles. The van der Waals surface area contributed by atoms with Crippen molar-refractivity contribution in [3.63, 3.8) is 0 Å². The first-order valence-corrected chi connectivity index (χ1v) is 6.79. The van der Waals surface area contributed by atoms with E-state index in [-0.39, 0.29) is 0 Å². The molecule has 1 saturated heterocycles. The molecule has 3 heteroatoms. The molecule has 94 valence electrons. The zero-order chi connectivity index (χ0) is 11.2. The van der Waals surface area contributed by atoms with Gasteiger partial charge < -0.3 is 15.2 Å². The number of rotatable bonds is 5. The van der Waals surface area contributed by atoms with Crippen molar-refractivity contribution in [1.29, 1.82) is 0 Å². The van der Waals surface area contributed by atoms with Crippen molar-refractivity contribution in [2.75, 3.05) is 32.9 Å². The largest absolute Gasteiger partial charge is 0.396 e. The lowest BCUT2D eigenvalue weighted by Crippen LogP contribution is -2.34. The second kappa shape index (κ2) is 6.58. The lowest BCUT2D eigenvalue weighted by atomic mass is 9.79. The minimum absolute atomic E-state index is 0.374. The molecule has 0 amide bonds. The molecule has 3 atom stereocenters. The average molecular weight is 227 g/mol. The van der Waals surface area contributed by atoms with Gasteiger partial charge in [-0.2, -0.15) is 0 Å². The van der Waals surface area contributed by atoms with E-state index < -0.39 is 0 Å². The summed E-state index contributed by atoms with van der Waals surface area (Å²) in [5, 5.41) is 12.9. The predicted molar refractivity (Wildman–Crippen MR) is 64.3 cm³/mol. The van der Waals surface area contributed by atoms with Crippen molar-refractivity contribution >= 4 is 0 Å². The first-order chi connectivity index (χ1) is 7.90. The average Bonchev–Trinajstić information content (AvgIpc) is 2.83. The van der Waals surface area contributed by atoms with Gasteiger partial charge in [0.15, 0.2) is 0 Å². The Hall–Kier alpha value is -0.120. The molecule has 16 heavy (non-hydrogen) atoms. The number of aliphatic hydroxyl groups excluding tert-OH is 1. The quantitative estimate of drug-likeness (QED) is 0.746. The van der Waals surface area contributed by atoms with Gasteiger partial charge in [0.25, 0.3) is 0 Å². The van der Waals surface area contributed by atoms with Crippen molar-refractivity contribution in [1.82, 2.24) is 5.32 Å². The molecule has 0 radical (unpaired) electrons. The van der Waals surface area contributed by atoms with Gasteiger partial charge in [0.1, 0.15) is 0 Å². The molecule has 0 aromatic rings. The number of nitrogens with one attached hydrogen (secondary N) is 1. The summed E-state index contributed by atoms with van der Waals surface area (Å²) >= 11 is 0. The lowest BCUT2D eigenvalue weighted by molar-refractivity contribution is 0.131. The minimum atomic E-state index is 0.374. The van der Waals surface area contributed by atoms with Crippen LogP contribution in [0.4, 0.5) is 0 Å². The maximum Gasteiger partial charge on any atom is 0.0507 e. The topological polar surface area (TPSA) is 41.5 Å². The highest BCUT2D eigenvalue weighted by atomic mass is 16.5. The van der Waals surface area contributed by atoms with Crippen molar-refractivity contribution in [3.05, 3.63) is 0 Å². The van der Waals surface area contributed by atoms with Crippen molar-refractivity contribution < 1.29 is 9.84 Å². The van der Waals surface area contributed by atoms with Gasteiger partial charge in [-0.3, -0.25) is 0 Å². The van der Waals surface area contributed by atoms with Crippen LogP contribution in [0.25, 0.3) is 0 Å². The fraction of sp³-hybridized carbons (Fsp3) is 1.00. The number of hydrogen-bond acceptors (Lipinski definition) is 3. The summed E-state index contributed by atoms with van der Waals surface area (Å²) in [5.41, 5.74) is 0. The first kappa shape index (κ1) is 12.3. The second-order valence-corrected chi connectivity index (χ2v) is 5.38. The predicted octanol–water partition coefficient (Wildman–Crippen LogP) is 1.41. The Kier molecular flexibility index (Phi) is 5.07. The van der Waals surface area contributed by atoms with Crippen molar-refractivity contribution in [2.45, 2.75) is 32.1 Å². The van der Waals surface area contributed by atoms with Crippen LogP contribution in [-0.2, 0) is 4.74 Å². The summed E-state index contributed by atoms with van der Waals surface area (Å²) in [6, 6.07) is 0. The molecule has 2 aliphatic rings. The summed E-state index contributed by atoms with van der Waals surface area (Å²) in [6.07, 6.45) is 6.36. The standard InChI is InChI=1S/C13H25NO2/c15-9-13-4-2-1-3-12(13)8-14-7-11-5-6-16-10-11/h11-15H,1-10H2.